The first-order chi connectivity index (χ1) is 7.31. The van der Waals surface area contributed by atoms with Gasteiger partial charge in [-0.2, -0.15) is 0 Å². The Labute approximate surface area is 88.1 Å². The summed E-state index contributed by atoms with van der Waals surface area (Å²) in [5, 5.41) is 4.97. The molecule has 15 heavy (non-hydrogen) atoms. The number of hydrogen-bond donors (Lipinski definition) is 1. The van der Waals surface area contributed by atoms with Gasteiger partial charge < -0.3 is 5.32 Å². The predicted molar refractivity (Wildman–Crippen MR) is 59.4 cm³/mol. The lowest BCUT2D eigenvalue weighted by Crippen LogP contribution is -2.09. The van der Waals surface area contributed by atoms with Crippen molar-refractivity contribution in [2.24, 2.45) is 0 Å². The molecule has 0 spiro atoms. The van der Waals surface area contributed by atoms with E-state index in [1.807, 2.05) is 25.1 Å². The number of pyridine rings is 1. The Balaban J connectivity index is 2.43. The van der Waals surface area contributed by atoms with Crippen LogP contribution in [0.15, 0.2) is 30.5 Å². The molecule has 0 unspecified atom stereocenters. The van der Waals surface area contributed by atoms with E-state index in [-0.39, 0.29) is 0 Å². The number of carbonyl (C=O) groups is 1. The largest absolute Gasteiger partial charge is 0.355 e. The molecule has 2 aromatic rings. The molecular weight excluding hydrogens is 188 g/mol. The van der Waals surface area contributed by atoms with Crippen LogP contribution in [-0.2, 0) is 11.3 Å². The van der Waals surface area contributed by atoms with Crippen LogP contribution in [0.25, 0.3) is 10.8 Å². The van der Waals surface area contributed by atoms with Gasteiger partial charge in [-0.3, -0.25) is 9.78 Å². The first-order valence-electron chi connectivity index (χ1n) is 4.82. The van der Waals surface area contributed by atoms with E-state index in [0.717, 1.165) is 22.0 Å². The quantitative estimate of drug-likeness (QED) is 0.767. The Morgan fingerprint density at radius 3 is 3.07 bits per heavy atom. The summed E-state index contributed by atoms with van der Waals surface area (Å²) < 4.78 is 0. The summed E-state index contributed by atoms with van der Waals surface area (Å²) in [5.74, 6) is 0. The van der Waals surface area contributed by atoms with Crippen LogP contribution in [0.5, 0.6) is 0 Å². The van der Waals surface area contributed by atoms with E-state index in [4.69, 9.17) is 0 Å². The third-order valence-electron chi connectivity index (χ3n) is 2.42. The minimum Gasteiger partial charge on any atom is -0.355 e. The van der Waals surface area contributed by atoms with Crippen molar-refractivity contribution in [3.63, 3.8) is 0 Å². The van der Waals surface area contributed by atoms with Gasteiger partial charge in [0.15, 0.2) is 0 Å². The lowest BCUT2D eigenvalue weighted by atomic mass is 10.1. The summed E-state index contributed by atoms with van der Waals surface area (Å²) in [7, 11) is 0. The number of nitrogens with zero attached hydrogens (tertiary/aromatic N) is 1. The number of rotatable bonds is 3. The first kappa shape index (κ1) is 9.65. The van der Waals surface area contributed by atoms with Crippen molar-refractivity contribution in [1.82, 2.24) is 10.3 Å². The number of benzene rings is 1. The van der Waals surface area contributed by atoms with Crippen molar-refractivity contribution >= 4 is 17.2 Å². The standard InChI is InChI=1S/C12H12N2O/c1-9-12-3-2-10(7-13-8-15)6-11(12)4-5-14-9/h2-6,8H,7H2,1H3,(H,13,15). The Morgan fingerprint density at radius 1 is 1.40 bits per heavy atom. The van der Waals surface area contributed by atoms with Crippen LogP contribution in [0.2, 0.25) is 0 Å². The van der Waals surface area contributed by atoms with Gasteiger partial charge >= 0.3 is 0 Å². The molecule has 0 atom stereocenters. The van der Waals surface area contributed by atoms with Gasteiger partial charge in [-0.25, -0.2) is 0 Å². The normalized spacial score (nSPS) is 10.2. The zero-order valence-corrected chi connectivity index (χ0v) is 8.53. The maximum absolute atomic E-state index is 10.2. The second kappa shape index (κ2) is 4.09. The molecule has 0 saturated heterocycles. The number of fused-ring (bicyclic) bond motifs is 1. The van der Waals surface area contributed by atoms with E-state index in [0.29, 0.717) is 13.0 Å². The molecule has 3 nitrogen and oxygen atoms in total. The molecule has 0 aliphatic heterocycles. The summed E-state index contributed by atoms with van der Waals surface area (Å²) in [6.07, 6.45) is 2.51. The third kappa shape index (κ3) is 1.96. The number of nitrogens with one attached hydrogen (secondary N) is 1. The van der Waals surface area contributed by atoms with Crippen molar-refractivity contribution in [3.8, 4) is 0 Å². The molecular formula is C12H12N2O. The van der Waals surface area contributed by atoms with Gasteiger partial charge in [0.1, 0.15) is 0 Å². The van der Waals surface area contributed by atoms with Gasteiger partial charge in [0, 0.05) is 23.8 Å². The molecule has 2 rings (SSSR count). The monoisotopic (exact) mass is 200 g/mol. The second-order valence-corrected chi connectivity index (χ2v) is 3.45. The van der Waals surface area contributed by atoms with Gasteiger partial charge in [-0.05, 0) is 30.0 Å². The van der Waals surface area contributed by atoms with Crippen molar-refractivity contribution in [1.29, 1.82) is 0 Å². The average Bonchev–Trinajstić information content (AvgIpc) is 2.26. The van der Waals surface area contributed by atoms with Crippen LogP contribution in [0.4, 0.5) is 0 Å². The molecule has 0 bridgehead atoms. The third-order valence-corrected chi connectivity index (χ3v) is 2.42. The lowest BCUT2D eigenvalue weighted by Gasteiger charge is -2.04. The van der Waals surface area contributed by atoms with Crippen molar-refractivity contribution in [2.45, 2.75) is 13.5 Å². The number of amides is 1. The number of aromatic nitrogens is 1. The van der Waals surface area contributed by atoms with Crippen LogP contribution in [0.1, 0.15) is 11.3 Å². The molecule has 1 amide bonds. The first-order valence-corrected chi connectivity index (χ1v) is 4.82. The molecule has 0 saturated carbocycles. The Hall–Kier alpha value is -1.90. The Morgan fingerprint density at radius 2 is 2.27 bits per heavy atom. The van der Waals surface area contributed by atoms with E-state index >= 15 is 0 Å². The maximum atomic E-state index is 10.2. The highest BCUT2D eigenvalue weighted by Gasteiger charge is 1.98. The van der Waals surface area contributed by atoms with Crippen LogP contribution < -0.4 is 5.32 Å². The predicted octanol–water partition coefficient (Wildman–Crippen LogP) is 1.79. The lowest BCUT2D eigenvalue weighted by molar-refractivity contribution is -0.109. The van der Waals surface area contributed by atoms with Gasteiger partial charge in [0.25, 0.3) is 0 Å². The summed E-state index contributed by atoms with van der Waals surface area (Å²) >= 11 is 0. The number of aryl methyl sites for hydroxylation is 1. The molecule has 1 heterocycles. The van der Waals surface area contributed by atoms with Gasteiger partial charge in [0.2, 0.25) is 6.41 Å². The van der Waals surface area contributed by atoms with E-state index in [1.165, 1.54) is 0 Å². The zero-order chi connectivity index (χ0) is 10.7. The molecule has 0 aliphatic carbocycles. The van der Waals surface area contributed by atoms with Crippen molar-refractivity contribution in [3.05, 3.63) is 41.7 Å². The Bertz CT molecular complexity index is 494. The SMILES string of the molecule is Cc1nccc2cc(CNC=O)ccc12. The summed E-state index contributed by atoms with van der Waals surface area (Å²) in [5.41, 5.74) is 2.13. The smallest absolute Gasteiger partial charge is 0.207 e. The highest BCUT2D eigenvalue weighted by Crippen LogP contribution is 2.17. The summed E-state index contributed by atoms with van der Waals surface area (Å²) in [4.78, 5) is 14.4. The fraction of sp³-hybridized carbons (Fsp3) is 0.167. The minimum atomic E-state index is 0.570. The van der Waals surface area contributed by atoms with E-state index in [1.54, 1.807) is 6.20 Å². The molecule has 76 valence electrons. The Kier molecular flexibility index (Phi) is 2.63. The van der Waals surface area contributed by atoms with E-state index in [9.17, 15) is 4.79 Å². The summed E-state index contributed by atoms with van der Waals surface area (Å²) in [6, 6.07) is 8.10. The maximum Gasteiger partial charge on any atom is 0.207 e. The van der Waals surface area contributed by atoms with Crippen molar-refractivity contribution < 1.29 is 4.79 Å². The van der Waals surface area contributed by atoms with Gasteiger partial charge in [-0.15, -0.1) is 0 Å². The molecule has 1 aromatic carbocycles. The van der Waals surface area contributed by atoms with Crippen LogP contribution >= 0.6 is 0 Å². The van der Waals surface area contributed by atoms with E-state index < -0.39 is 0 Å². The summed E-state index contributed by atoms with van der Waals surface area (Å²) in [6.45, 7) is 2.56. The van der Waals surface area contributed by atoms with Crippen LogP contribution in [0, 0.1) is 6.92 Å². The molecule has 3 heteroatoms. The zero-order valence-electron chi connectivity index (χ0n) is 8.53. The number of hydrogen-bond acceptors (Lipinski definition) is 2. The topological polar surface area (TPSA) is 42.0 Å². The van der Waals surface area contributed by atoms with Crippen LogP contribution in [0.3, 0.4) is 0 Å². The highest BCUT2D eigenvalue weighted by atomic mass is 16.1. The van der Waals surface area contributed by atoms with E-state index in [2.05, 4.69) is 16.4 Å². The second-order valence-electron chi connectivity index (χ2n) is 3.45. The van der Waals surface area contributed by atoms with Gasteiger partial charge in [0.05, 0.1) is 0 Å². The fourth-order valence-corrected chi connectivity index (χ4v) is 1.65. The average molecular weight is 200 g/mol. The number of carbonyl (C=O) groups excluding carboxylic acids is 1. The minimum absolute atomic E-state index is 0.570. The molecule has 1 N–H and O–H groups in total. The van der Waals surface area contributed by atoms with Gasteiger partial charge in [-0.1, -0.05) is 12.1 Å². The fourth-order valence-electron chi connectivity index (χ4n) is 1.65. The van der Waals surface area contributed by atoms with Crippen LogP contribution in [-0.4, -0.2) is 11.4 Å². The molecule has 0 fully saturated rings. The highest BCUT2D eigenvalue weighted by molar-refractivity contribution is 5.84. The molecule has 1 aromatic heterocycles. The molecule has 0 aliphatic rings. The van der Waals surface area contributed by atoms with Crippen molar-refractivity contribution in [2.75, 3.05) is 0 Å². The molecule has 0 radical (unpaired) electrons.